The van der Waals surface area contributed by atoms with E-state index >= 15 is 0 Å². The Morgan fingerprint density at radius 3 is 2.96 bits per heavy atom. The molecule has 1 N–H and O–H groups in total. The molecular weight excluding hydrogens is 332 g/mol. The van der Waals surface area contributed by atoms with Gasteiger partial charge in [0.1, 0.15) is 5.82 Å². The summed E-state index contributed by atoms with van der Waals surface area (Å²) in [6.07, 6.45) is 3.64. The molecule has 4 rings (SSSR count). The number of pyridine rings is 1. The molecule has 0 spiro atoms. The summed E-state index contributed by atoms with van der Waals surface area (Å²) < 4.78 is 6.56. The molecule has 1 aliphatic heterocycles. The summed E-state index contributed by atoms with van der Waals surface area (Å²) in [6, 6.07) is 9.10. The van der Waals surface area contributed by atoms with Crippen molar-refractivity contribution in [3.63, 3.8) is 0 Å². The van der Waals surface area contributed by atoms with Gasteiger partial charge >= 0.3 is 5.76 Å². The van der Waals surface area contributed by atoms with Crippen molar-refractivity contribution in [1.29, 1.82) is 0 Å². The van der Waals surface area contributed by atoms with Crippen molar-refractivity contribution < 1.29 is 9.21 Å². The predicted octanol–water partition coefficient (Wildman–Crippen LogP) is 2.55. The summed E-state index contributed by atoms with van der Waals surface area (Å²) in [5, 5.41) is 3.04. The number of hydrogen-bond donors (Lipinski definition) is 1. The van der Waals surface area contributed by atoms with Crippen molar-refractivity contribution in [2.45, 2.75) is 18.9 Å². The van der Waals surface area contributed by atoms with Gasteiger partial charge in [0.2, 0.25) is 0 Å². The number of amides is 1. The normalized spacial score (nSPS) is 17.0. The Morgan fingerprint density at radius 2 is 2.15 bits per heavy atom. The number of carbonyl (C=O) groups excluding carboxylic acids is 1. The van der Waals surface area contributed by atoms with E-state index in [-0.39, 0.29) is 11.9 Å². The lowest BCUT2D eigenvalue weighted by Crippen LogP contribution is -2.30. The molecule has 0 bridgehead atoms. The van der Waals surface area contributed by atoms with E-state index in [1.807, 2.05) is 24.1 Å². The summed E-state index contributed by atoms with van der Waals surface area (Å²) >= 11 is 0. The van der Waals surface area contributed by atoms with E-state index in [1.54, 1.807) is 31.4 Å². The van der Waals surface area contributed by atoms with E-state index in [2.05, 4.69) is 10.3 Å². The van der Waals surface area contributed by atoms with Crippen LogP contribution < -0.4 is 11.1 Å². The first-order chi connectivity index (χ1) is 12.6. The van der Waals surface area contributed by atoms with Gasteiger partial charge in [0, 0.05) is 32.4 Å². The summed E-state index contributed by atoms with van der Waals surface area (Å²) in [5.41, 5.74) is 2.74. The molecule has 7 nitrogen and oxygen atoms in total. The first-order valence-corrected chi connectivity index (χ1v) is 8.63. The zero-order valence-corrected chi connectivity index (χ0v) is 14.7. The molecule has 134 valence electrons. The quantitative estimate of drug-likeness (QED) is 0.783. The van der Waals surface area contributed by atoms with Crippen LogP contribution in [-0.2, 0) is 7.05 Å². The number of oxazole rings is 1. The van der Waals surface area contributed by atoms with Gasteiger partial charge in [-0.15, -0.1) is 0 Å². The SMILES string of the molecule is CNc1cc(C2CCCN2C(=O)c2ccc3oc(=O)n(C)c3c2)ccn1. The summed E-state index contributed by atoms with van der Waals surface area (Å²) in [4.78, 5) is 30.9. The third-order valence-electron chi connectivity index (χ3n) is 4.98. The first-order valence-electron chi connectivity index (χ1n) is 8.63. The molecule has 1 amide bonds. The number of carbonyl (C=O) groups is 1. The third kappa shape index (κ3) is 2.65. The maximum atomic E-state index is 13.1. The fraction of sp³-hybridized carbons (Fsp3) is 0.316. The minimum absolute atomic E-state index is 0.0291. The molecule has 0 radical (unpaired) electrons. The minimum atomic E-state index is -0.431. The zero-order valence-electron chi connectivity index (χ0n) is 14.7. The van der Waals surface area contributed by atoms with Crippen LogP contribution in [0.15, 0.2) is 45.7 Å². The van der Waals surface area contributed by atoms with Crippen LogP contribution in [0.2, 0.25) is 0 Å². The molecule has 1 unspecified atom stereocenters. The molecule has 1 atom stereocenters. The Bertz CT molecular complexity index is 1040. The van der Waals surface area contributed by atoms with E-state index in [0.29, 0.717) is 23.2 Å². The number of aryl methyl sites for hydroxylation is 1. The van der Waals surface area contributed by atoms with Gasteiger partial charge < -0.3 is 14.6 Å². The van der Waals surface area contributed by atoms with Gasteiger partial charge in [-0.2, -0.15) is 0 Å². The fourth-order valence-corrected chi connectivity index (χ4v) is 3.57. The second kappa shape index (κ2) is 6.33. The summed E-state index contributed by atoms with van der Waals surface area (Å²) in [6.45, 7) is 0.711. The van der Waals surface area contributed by atoms with E-state index in [4.69, 9.17) is 4.42 Å². The van der Waals surface area contributed by atoms with Crippen molar-refractivity contribution in [1.82, 2.24) is 14.5 Å². The van der Waals surface area contributed by atoms with Crippen molar-refractivity contribution in [2.75, 3.05) is 18.9 Å². The number of anilines is 1. The zero-order chi connectivity index (χ0) is 18.3. The summed E-state index contributed by atoms with van der Waals surface area (Å²) in [7, 11) is 3.46. The highest BCUT2D eigenvalue weighted by Crippen LogP contribution is 2.34. The Kier molecular flexibility index (Phi) is 3.99. The maximum Gasteiger partial charge on any atom is 0.419 e. The van der Waals surface area contributed by atoms with Gasteiger partial charge in [-0.25, -0.2) is 9.78 Å². The van der Waals surface area contributed by atoms with Crippen LogP contribution in [0.25, 0.3) is 11.1 Å². The van der Waals surface area contributed by atoms with Crippen LogP contribution in [0, 0.1) is 0 Å². The average Bonchev–Trinajstić information content (AvgIpc) is 3.26. The highest BCUT2D eigenvalue weighted by atomic mass is 16.4. The number of nitrogens with one attached hydrogen (secondary N) is 1. The number of hydrogen-bond acceptors (Lipinski definition) is 5. The van der Waals surface area contributed by atoms with Crippen LogP contribution in [0.1, 0.15) is 34.8 Å². The second-order valence-corrected chi connectivity index (χ2v) is 6.49. The Morgan fingerprint density at radius 1 is 1.31 bits per heavy atom. The Balaban J connectivity index is 1.68. The third-order valence-corrected chi connectivity index (χ3v) is 4.98. The molecule has 0 saturated carbocycles. The number of fused-ring (bicyclic) bond motifs is 1. The van der Waals surface area contributed by atoms with E-state index in [9.17, 15) is 9.59 Å². The van der Waals surface area contributed by atoms with Crippen LogP contribution in [-0.4, -0.2) is 34.0 Å². The molecule has 1 saturated heterocycles. The number of likely N-dealkylation sites (tertiary alicyclic amines) is 1. The molecule has 7 heteroatoms. The molecule has 0 aliphatic carbocycles. The maximum absolute atomic E-state index is 13.1. The number of aromatic nitrogens is 2. The largest absolute Gasteiger partial charge is 0.419 e. The molecule has 1 aromatic carbocycles. The molecule has 3 aromatic rings. The fourth-order valence-electron chi connectivity index (χ4n) is 3.57. The lowest BCUT2D eigenvalue weighted by molar-refractivity contribution is 0.0736. The Labute approximate surface area is 150 Å². The van der Waals surface area contributed by atoms with Crippen molar-refractivity contribution in [3.8, 4) is 0 Å². The van der Waals surface area contributed by atoms with Crippen LogP contribution >= 0.6 is 0 Å². The smallest absolute Gasteiger partial charge is 0.408 e. The number of nitrogens with zero attached hydrogens (tertiary/aromatic N) is 3. The number of benzene rings is 1. The van der Waals surface area contributed by atoms with Gasteiger partial charge in [-0.05, 0) is 48.7 Å². The van der Waals surface area contributed by atoms with Crippen LogP contribution in [0.3, 0.4) is 0 Å². The number of rotatable bonds is 3. The van der Waals surface area contributed by atoms with Crippen molar-refractivity contribution in [2.24, 2.45) is 7.05 Å². The Hall–Kier alpha value is -3.09. The monoisotopic (exact) mass is 352 g/mol. The highest BCUT2D eigenvalue weighted by molar-refractivity contribution is 5.97. The van der Waals surface area contributed by atoms with Gasteiger partial charge in [-0.1, -0.05) is 0 Å². The molecule has 2 aromatic heterocycles. The molecule has 1 aliphatic rings. The molecule has 3 heterocycles. The van der Waals surface area contributed by atoms with E-state index in [0.717, 1.165) is 24.2 Å². The molecule has 1 fully saturated rings. The van der Waals surface area contributed by atoms with Gasteiger partial charge in [-0.3, -0.25) is 9.36 Å². The van der Waals surface area contributed by atoms with Crippen LogP contribution in [0.5, 0.6) is 0 Å². The predicted molar refractivity (Wildman–Crippen MR) is 98.3 cm³/mol. The minimum Gasteiger partial charge on any atom is -0.408 e. The van der Waals surface area contributed by atoms with Gasteiger partial charge in [0.05, 0.1) is 11.6 Å². The second-order valence-electron chi connectivity index (χ2n) is 6.49. The molecule has 26 heavy (non-hydrogen) atoms. The van der Waals surface area contributed by atoms with Gasteiger partial charge in [0.25, 0.3) is 5.91 Å². The average molecular weight is 352 g/mol. The highest BCUT2D eigenvalue weighted by Gasteiger charge is 2.31. The van der Waals surface area contributed by atoms with Crippen LogP contribution in [0.4, 0.5) is 5.82 Å². The standard InChI is InChI=1S/C19H20N4O3/c1-20-17-11-12(7-8-21-17)14-4-3-9-23(14)18(24)13-5-6-16-15(10-13)22(2)19(25)26-16/h5-8,10-11,14H,3-4,9H2,1-2H3,(H,20,21). The lowest BCUT2D eigenvalue weighted by atomic mass is 10.0. The first kappa shape index (κ1) is 16.4. The van der Waals surface area contributed by atoms with Gasteiger partial charge in [0.15, 0.2) is 5.58 Å². The van der Waals surface area contributed by atoms with Crippen molar-refractivity contribution in [3.05, 3.63) is 58.2 Å². The van der Waals surface area contributed by atoms with E-state index < -0.39 is 5.76 Å². The molecular formula is C19H20N4O3. The summed E-state index contributed by atoms with van der Waals surface area (Å²) in [5.74, 6) is 0.322. The van der Waals surface area contributed by atoms with E-state index in [1.165, 1.54) is 4.57 Å². The topological polar surface area (TPSA) is 80.4 Å². The lowest BCUT2D eigenvalue weighted by Gasteiger charge is -2.25. The van der Waals surface area contributed by atoms with Crippen molar-refractivity contribution >= 4 is 22.8 Å².